The Hall–Kier alpha value is -2.35. The van der Waals surface area contributed by atoms with Crippen LogP contribution < -0.4 is 4.18 Å². The summed E-state index contributed by atoms with van der Waals surface area (Å²) in [7, 11) is -0.710. The van der Waals surface area contributed by atoms with Crippen molar-refractivity contribution in [2.75, 3.05) is 0 Å². The van der Waals surface area contributed by atoms with Crippen LogP contribution in [-0.4, -0.2) is 27.7 Å². The molecule has 0 saturated heterocycles. The average molecular weight is 306 g/mol. The summed E-state index contributed by atoms with van der Waals surface area (Å²) >= 11 is 0. The molecule has 0 saturated carbocycles. The molecular formula is C13H14N4O3S. The van der Waals surface area contributed by atoms with E-state index >= 15 is 0 Å². The Kier molecular flexibility index (Phi) is 2.98. The fourth-order valence-electron chi connectivity index (χ4n) is 2.17. The Bertz CT molecular complexity index is 924. The number of hydrogen-bond acceptors (Lipinski definition) is 5. The number of aromatic nitrogens is 4. The van der Waals surface area contributed by atoms with Crippen molar-refractivity contribution in [1.29, 1.82) is 0 Å². The van der Waals surface area contributed by atoms with Crippen molar-refractivity contribution in [3.63, 3.8) is 0 Å². The van der Waals surface area contributed by atoms with Crippen LogP contribution in [-0.2, 0) is 24.2 Å². The fraction of sp³-hybridized carbons (Fsp3) is 0.231. The zero-order chi connectivity index (χ0) is 15.2. The standard InChI is InChI=1S/C13H14N4O3S/c1-9-10-6-4-5-7-11(10)12(17(9)3)20-21(18,19)13-14-8-16(2)15-13/h4-8H,1-3H3. The molecule has 0 aliphatic carbocycles. The van der Waals surface area contributed by atoms with E-state index in [9.17, 15) is 8.42 Å². The lowest BCUT2D eigenvalue weighted by Crippen LogP contribution is -2.14. The van der Waals surface area contributed by atoms with E-state index in [0.29, 0.717) is 0 Å². The van der Waals surface area contributed by atoms with Gasteiger partial charge in [0.25, 0.3) is 0 Å². The average Bonchev–Trinajstić information content (AvgIpc) is 2.98. The first-order chi connectivity index (χ1) is 9.90. The Morgan fingerprint density at radius 2 is 1.81 bits per heavy atom. The maximum atomic E-state index is 12.2. The van der Waals surface area contributed by atoms with Gasteiger partial charge in [-0.3, -0.25) is 4.68 Å². The minimum absolute atomic E-state index is 0.260. The predicted octanol–water partition coefficient (Wildman–Crippen LogP) is 1.38. The van der Waals surface area contributed by atoms with Crippen LogP contribution in [0.3, 0.4) is 0 Å². The second-order valence-electron chi connectivity index (χ2n) is 4.73. The Labute approximate surface area is 121 Å². The highest BCUT2D eigenvalue weighted by atomic mass is 32.2. The van der Waals surface area contributed by atoms with Crippen LogP contribution in [0.5, 0.6) is 5.88 Å². The number of rotatable bonds is 3. The molecule has 0 N–H and O–H groups in total. The van der Waals surface area contributed by atoms with E-state index in [1.165, 1.54) is 11.0 Å². The minimum atomic E-state index is -4.06. The lowest BCUT2D eigenvalue weighted by atomic mass is 10.2. The molecule has 3 rings (SSSR count). The summed E-state index contributed by atoms with van der Waals surface area (Å²) in [5.74, 6) is 0.260. The monoisotopic (exact) mass is 306 g/mol. The molecule has 0 bridgehead atoms. The highest BCUT2D eigenvalue weighted by molar-refractivity contribution is 7.86. The van der Waals surface area contributed by atoms with E-state index in [-0.39, 0.29) is 11.0 Å². The first-order valence-corrected chi connectivity index (χ1v) is 7.65. The SMILES string of the molecule is Cc1c2ccccc2c(OS(=O)(=O)c2ncn(C)n2)n1C. The molecule has 0 radical (unpaired) electrons. The van der Waals surface area contributed by atoms with Gasteiger partial charge in [0.15, 0.2) is 0 Å². The maximum absolute atomic E-state index is 12.2. The molecule has 3 aromatic rings. The lowest BCUT2D eigenvalue weighted by molar-refractivity contribution is 0.457. The Morgan fingerprint density at radius 3 is 2.43 bits per heavy atom. The summed E-state index contributed by atoms with van der Waals surface area (Å²) in [6, 6.07) is 7.47. The molecule has 0 unspecified atom stereocenters. The first-order valence-electron chi connectivity index (χ1n) is 6.24. The van der Waals surface area contributed by atoms with Gasteiger partial charge in [0.05, 0.1) is 0 Å². The summed E-state index contributed by atoms with van der Waals surface area (Å²) in [5.41, 5.74) is 0.921. The molecule has 7 nitrogen and oxygen atoms in total. The molecule has 1 aromatic carbocycles. The third-order valence-corrected chi connectivity index (χ3v) is 4.36. The summed E-state index contributed by atoms with van der Waals surface area (Å²) in [4.78, 5) is 3.73. The number of benzene rings is 1. The molecule has 0 amide bonds. The van der Waals surface area contributed by atoms with Crippen LogP contribution in [0.1, 0.15) is 5.69 Å². The van der Waals surface area contributed by atoms with Gasteiger partial charge >= 0.3 is 15.3 Å². The van der Waals surface area contributed by atoms with Gasteiger partial charge in [0.1, 0.15) is 6.33 Å². The van der Waals surface area contributed by atoms with Crippen LogP contribution in [0.2, 0.25) is 0 Å². The molecule has 0 fully saturated rings. The molecule has 2 heterocycles. The van der Waals surface area contributed by atoms with Crippen LogP contribution in [0.15, 0.2) is 35.7 Å². The Morgan fingerprint density at radius 1 is 1.14 bits per heavy atom. The zero-order valence-corrected chi connectivity index (χ0v) is 12.6. The predicted molar refractivity (Wildman–Crippen MR) is 76.5 cm³/mol. The molecule has 0 spiro atoms. The summed E-state index contributed by atoms with van der Waals surface area (Å²) < 4.78 is 32.8. The van der Waals surface area contributed by atoms with E-state index < -0.39 is 10.1 Å². The van der Waals surface area contributed by atoms with Crippen molar-refractivity contribution in [1.82, 2.24) is 19.3 Å². The lowest BCUT2D eigenvalue weighted by Gasteiger charge is -2.06. The van der Waals surface area contributed by atoms with E-state index in [1.807, 2.05) is 31.2 Å². The Balaban J connectivity index is 2.12. The third kappa shape index (κ3) is 2.17. The van der Waals surface area contributed by atoms with Crippen LogP contribution >= 0.6 is 0 Å². The van der Waals surface area contributed by atoms with Crippen LogP contribution in [0.25, 0.3) is 10.8 Å². The van der Waals surface area contributed by atoms with Gasteiger partial charge in [-0.2, -0.15) is 8.42 Å². The molecule has 0 aliphatic rings. The molecule has 0 atom stereocenters. The normalized spacial score (nSPS) is 12.0. The first kappa shape index (κ1) is 13.6. The third-order valence-electron chi connectivity index (χ3n) is 3.35. The number of aryl methyl sites for hydroxylation is 2. The van der Waals surface area contributed by atoms with Crippen molar-refractivity contribution >= 4 is 20.9 Å². The molecular weight excluding hydrogens is 292 g/mol. The minimum Gasteiger partial charge on any atom is -0.357 e. The van der Waals surface area contributed by atoms with Crippen molar-refractivity contribution in [3.8, 4) is 5.88 Å². The van der Waals surface area contributed by atoms with Crippen molar-refractivity contribution in [2.24, 2.45) is 14.1 Å². The molecule has 21 heavy (non-hydrogen) atoms. The van der Waals surface area contributed by atoms with E-state index in [4.69, 9.17) is 4.18 Å². The fourth-order valence-corrected chi connectivity index (χ4v) is 3.06. The number of nitrogens with zero attached hydrogens (tertiary/aromatic N) is 4. The van der Waals surface area contributed by atoms with E-state index in [0.717, 1.165) is 16.5 Å². The highest BCUT2D eigenvalue weighted by Crippen LogP contribution is 2.32. The molecule has 110 valence electrons. The summed E-state index contributed by atoms with van der Waals surface area (Å²) in [6.45, 7) is 1.90. The van der Waals surface area contributed by atoms with Gasteiger partial charge in [-0.05, 0) is 13.0 Å². The second-order valence-corrected chi connectivity index (χ2v) is 6.17. The topological polar surface area (TPSA) is 79.0 Å². The smallest absolute Gasteiger partial charge is 0.357 e. The van der Waals surface area contributed by atoms with Gasteiger partial charge in [-0.25, -0.2) is 4.98 Å². The van der Waals surface area contributed by atoms with Crippen molar-refractivity contribution < 1.29 is 12.6 Å². The largest absolute Gasteiger partial charge is 0.378 e. The van der Waals surface area contributed by atoms with Gasteiger partial charge in [-0.15, -0.1) is 5.10 Å². The quantitative estimate of drug-likeness (QED) is 0.683. The van der Waals surface area contributed by atoms with E-state index in [1.54, 1.807) is 18.7 Å². The number of fused-ring (bicyclic) bond motifs is 1. The van der Waals surface area contributed by atoms with Crippen LogP contribution in [0, 0.1) is 6.92 Å². The van der Waals surface area contributed by atoms with Gasteiger partial charge in [0, 0.05) is 30.6 Å². The number of hydrogen-bond donors (Lipinski definition) is 0. The van der Waals surface area contributed by atoms with Gasteiger partial charge < -0.3 is 8.75 Å². The second kappa shape index (κ2) is 4.59. The van der Waals surface area contributed by atoms with Crippen molar-refractivity contribution in [2.45, 2.75) is 12.1 Å². The molecule has 2 aromatic heterocycles. The van der Waals surface area contributed by atoms with Gasteiger partial charge in [0.2, 0.25) is 5.88 Å². The van der Waals surface area contributed by atoms with Gasteiger partial charge in [-0.1, -0.05) is 18.2 Å². The maximum Gasteiger partial charge on any atom is 0.378 e. The zero-order valence-electron chi connectivity index (χ0n) is 11.8. The van der Waals surface area contributed by atoms with E-state index in [2.05, 4.69) is 10.1 Å². The highest BCUT2D eigenvalue weighted by Gasteiger charge is 2.25. The van der Waals surface area contributed by atoms with Crippen LogP contribution in [0.4, 0.5) is 0 Å². The van der Waals surface area contributed by atoms with Crippen molar-refractivity contribution in [3.05, 3.63) is 36.3 Å². The summed E-state index contributed by atoms with van der Waals surface area (Å²) in [6.07, 6.45) is 1.31. The molecule has 8 heteroatoms. The molecule has 0 aliphatic heterocycles. The summed E-state index contributed by atoms with van der Waals surface area (Å²) in [5, 5.41) is 5.10.